The standard InChI is InChI=1S/C14H23IO4/c1-4-14(3,15)12(17)18-10-11(16)19-13(2)8-6-5-7-9-13/h4-10H2,1-3H3. The van der Waals surface area contributed by atoms with E-state index in [1.54, 1.807) is 6.92 Å². The van der Waals surface area contributed by atoms with E-state index in [0.717, 1.165) is 25.7 Å². The fourth-order valence-corrected chi connectivity index (χ4v) is 2.28. The van der Waals surface area contributed by atoms with E-state index in [0.29, 0.717) is 6.42 Å². The van der Waals surface area contributed by atoms with Gasteiger partial charge in [0.1, 0.15) is 9.02 Å². The zero-order chi connectivity index (χ0) is 14.5. The van der Waals surface area contributed by atoms with Gasteiger partial charge in [-0.2, -0.15) is 0 Å². The molecule has 19 heavy (non-hydrogen) atoms. The molecule has 4 nitrogen and oxygen atoms in total. The van der Waals surface area contributed by atoms with Crippen LogP contribution in [0.4, 0.5) is 0 Å². The highest BCUT2D eigenvalue weighted by molar-refractivity contribution is 14.1. The molecular formula is C14H23IO4. The van der Waals surface area contributed by atoms with Crippen LogP contribution in [0, 0.1) is 0 Å². The smallest absolute Gasteiger partial charge is 0.344 e. The van der Waals surface area contributed by atoms with Crippen molar-refractivity contribution in [3.05, 3.63) is 0 Å². The second-order valence-corrected chi connectivity index (χ2v) is 7.99. The molecule has 1 aliphatic carbocycles. The predicted molar refractivity (Wildman–Crippen MR) is 81.3 cm³/mol. The minimum Gasteiger partial charge on any atom is -0.457 e. The average molecular weight is 382 g/mol. The Morgan fingerprint density at radius 1 is 1.26 bits per heavy atom. The summed E-state index contributed by atoms with van der Waals surface area (Å²) in [5, 5.41) is 0. The maximum atomic E-state index is 11.7. The van der Waals surface area contributed by atoms with E-state index in [2.05, 4.69) is 0 Å². The molecule has 0 radical (unpaired) electrons. The van der Waals surface area contributed by atoms with Gasteiger partial charge in [0.05, 0.1) is 0 Å². The van der Waals surface area contributed by atoms with Gasteiger partial charge >= 0.3 is 11.9 Å². The molecule has 0 aromatic rings. The van der Waals surface area contributed by atoms with E-state index in [9.17, 15) is 9.59 Å². The van der Waals surface area contributed by atoms with Gasteiger partial charge in [0.25, 0.3) is 0 Å². The van der Waals surface area contributed by atoms with Crippen LogP contribution in [0.3, 0.4) is 0 Å². The van der Waals surface area contributed by atoms with Crippen molar-refractivity contribution in [1.29, 1.82) is 0 Å². The largest absolute Gasteiger partial charge is 0.457 e. The van der Waals surface area contributed by atoms with Gasteiger partial charge in [-0.05, 0) is 46.0 Å². The summed E-state index contributed by atoms with van der Waals surface area (Å²) in [7, 11) is 0. The third-order valence-electron chi connectivity index (χ3n) is 3.68. The molecule has 0 aromatic heterocycles. The van der Waals surface area contributed by atoms with Crippen molar-refractivity contribution in [1.82, 2.24) is 0 Å². The van der Waals surface area contributed by atoms with Crippen LogP contribution >= 0.6 is 22.6 Å². The fraction of sp³-hybridized carbons (Fsp3) is 0.857. The molecule has 0 bridgehead atoms. The molecule has 1 aliphatic rings. The molecule has 1 atom stereocenters. The van der Waals surface area contributed by atoms with Crippen molar-refractivity contribution in [3.63, 3.8) is 0 Å². The Kier molecular flexibility index (Phi) is 6.08. The van der Waals surface area contributed by atoms with Gasteiger partial charge in [-0.25, -0.2) is 4.79 Å². The van der Waals surface area contributed by atoms with Crippen LogP contribution in [0.1, 0.15) is 59.3 Å². The van der Waals surface area contributed by atoms with Crippen molar-refractivity contribution >= 4 is 34.5 Å². The number of ether oxygens (including phenoxy) is 2. The van der Waals surface area contributed by atoms with Gasteiger partial charge in [-0.15, -0.1) is 0 Å². The molecule has 0 aliphatic heterocycles. The first-order chi connectivity index (χ1) is 8.79. The molecule has 0 saturated heterocycles. The third kappa shape index (κ3) is 5.28. The lowest BCUT2D eigenvalue weighted by Crippen LogP contribution is -2.37. The van der Waals surface area contributed by atoms with E-state index in [1.165, 1.54) is 6.42 Å². The molecule has 0 amide bonds. The summed E-state index contributed by atoms with van der Waals surface area (Å²) in [5.41, 5.74) is -0.375. The highest BCUT2D eigenvalue weighted by atomic mass is 127. The van der Waals surface area contributed by atoms with Crippen LogP contribution in [0.5, 0.6) is 0 Å². The van der Waals surface area contributed by atoms with Crippen LogP contribution in [0.2, 0.25) is 0 Å². The summed E-state index contributed by atoms with van der Waals surface area (Å²) >= 11 is 2.04. The van der Waals surface area contributed by atoms with E-state index in [4.69, 9.17) is 9.47 Å². The number of halogens is 1. The first-order valence-electron chi connectivity index (χ1n) is 6.87. The average Bonchev–Trinajstić information content (AvgIpc) is 2.36. The van der Waals surface area contributed by atoms with E-state index >= 15 is 0 Å². The van der Waals surface area contributed by atoms with E-state index in [-0.39, 0.29) is 18.2 Å². The lowest BCUT2D eigenvalue weighted by molar-refractivity contribution is -0.171. The molecule has 0 N–H and O–H groups in total. The van der Waals surface area contributed by atoms with Crippen LogP contribution < -0.4 is 0 Å². The second kappa shape index (κ2) is 6.90. The molecule has 1 unspecified atom stereocenters. The minimum atomic E-state index is -0.577. The molecular weight excluding hydrogens is 359 g/mol. The van der Waals surface area contributed by atoms with Gasteiger partial charge in [0.15, 0.2) is 6.61 Å². The second-order valence-electron chi connectivity index (χ2n) is 5.61. The molecule has 0 spiro atoms. The van der Waals surface area contributed by atoms with Gasteiger partial charge < -0.3 is 9.47 Å². The zero-order valence-corrected chi connectivity index (χ0v) is 14.1. The molecule has 1 fully saturated rings. The molecule has 1 saturated carbocycles. The Morgan fingerprint density at radius 3 is 2.37 bits per heavy atom. The van der Waals surface area contributed by atoms with Gasteiger partial charge in [-0.3, -0.25) is 4.79 Å². The summed E-state index contributed by atoms with van der Waals surface area (Å²) in [6, 6.07) is 0. The normalized spacial score (nSPS) is 21.3. The Hall–Kier alpha value is -0.330. The number of carbonyl (C=O) groups is 2. The Labute approximate surface area is 128 Å². The highest BCUT2D eigenvalue weighted by Crippen LogP contribution is 2.31. The first-order valence-corrected chi connectivity index (χ1v) is 7.95. The van der Waals surface area contributed by atoms with Gasteiger partial charge in [-0.1, -0.05) is 35.9 Å². The van der Waals surface area contributed by atoms with Gasteiger partial charge in [0, 0.05) is 0 Å². The Bertz CT molecular complexity index is 332. The molecule has 1 rings (SSSR count). The quantitative estimate of drug-likeness (QED) is 0.416. The van der Waals surface area contributed by atoms with Crippen LogP contribution in [-0.2, 0) is 19.1 Å². The monoisotopic (exact) mass is 382 g/mol. The Morgan fingerprint density at radius 2 is 1.84 bits per heavy atom. The summed E-state index contributed by atoms with van der Waals surface area (Å²) in [5.74, 6) is -0.803. The lowest BCUT2D eigenvalue weighted by Gasteiger charge is -2.33. The van der Waals surface area contributed by atoms with Crippen molar-refractivity contribution in [2.75, 3.05) is 6.61 Å². The lowest BCUT2D eigenvalue weighted by atomic mass is 9.86. The first kappa shape index (κ1) is 16.7. The number of rotatable bonds is 5. The fourth-order valence-electron chi connectivity index (χ4n) is 2.13. The maximum absolute atomic E-state index is 11.7. The third-order valence-corrected chi connectivity index (χ3v) is 4.89. The molecule has 0 heterocycles. The van der Waals surface area contributed by atoms with E-state index in [1.807, 2.05) is 36.4 Å². The van der Waals surface area contributed by atoms with Crippen molar-refractivity contribution in [2.24, 2.45) is 0 Å². The molecule has 0 aromatic carbocycles. The van der Waals surface area contributed by atoms with Crippen LogP contribution in [0.25, 0.3) is 0 Å². The van der Waals surface area contributed by atoms with Crippen LogP contribution in [-0.4, -0.2) is 27.6 Å². The number of esters is 2. The van der Waals surface area contributed by atoms with Crippen molar-refractivity contribution in [3.8, 4) is 0 Å². The van der Waals surface area contributed by atoms with Crippen molar-refractivity contribution in [2.45, 2.75) is 68.3 Å². The summed E-state index contributed by atoms with van der Waals surface area (Å²) in [6.45, 7) is 5.38. The predicted octanol–water partition coefficient (Wildman–Crippen LogP) is 3.40. The van der Waals surface area contributed by atoms with Gasteiger partial charge in [0.2, 0.25) is 0 Å². The zero-order valence-electron chi connectivity index (χ0n) is 12.0. The van der Waals surface area contributed by atoms with Crippen molar-refractivity contribution < 1.29 is 19.1 Å². The molecule has 110 valence electrons. The SMILES string of the molecule is CCC(C)(I)C(=O)OCC(=O)OC1(C)CCCCC1. The number of hydrogen-bond donors (Lipinski definition) is 0. The number of carbonyl (C=O) groups excluding carboxylic acids is 2. The Balaban J connectivity index is 2.37. The molecule has 5 heteroatoms. The highest BCUT2D eigenvalue weighted by Gasteiger charge is 2.33. The van der Waals surface area contributed by atoms with E-state index < -0.39 is 9.39 Å². The summed E-state index contributed by atoms with van der Waals surface area (Å²) in [4.78, 5) is 23.5. The number of alkyl halides is 1. The topological polar surface area (TPSA) is 52.6 Å². The van der Waals surface area contributed by atoms with Crippen LogP contribution in [0.15, 0.2) is 0 Å². The maximum Gasteiger partial charge on any atom is 0.344 e. The number of hydrogen-bond acceptors (Lipinski definition) is 4. The summed E-state index contributed by atoms with van der Waals surface area (Å²) < 4.78 is 9.91. The minimum absolute atomic E-state index is 0.285. The summed E-state index contributed by atoms with van der Waals surface area (Å²) in [6.07, 6.45) is 5.83.